The molecule has 11 heteroatoms. The van der Waals surface area contributed by atoms with Crippen molar-refractivity contribution in [1.82, 2.24) is 0 Å². The fourth-order valence-corrected chi connectivity index (χ4v) is 3.50. The van der Waals surface area contributed by atoms with Crippen molar-refractivity contribution in [2.45, 2.75) is 31.5 Å². The lowest BCUT2D eigenvalue weighted by atomic mass is 10.1. The molecule has 0 heterocycles. The third kappa shape index (κ3) is 8.42. The van der Waals surface area contributed by atoms with Crippen LogP contribution in [0.15, 0.2) is 69.2 Å². The highest BCUT2D eigenvalue weighted by molar-refractivity contribution is 6.51. The van der Waals surface area contributed by atoms with Gasteiger partial charge in [0.05, 0.1) is 6.61 Å². The Labute approximate surface area is 220 Å². The number of benzene rings is 2. The van der Waals surface area contributed by atoms with Gasteiger partial charge in [-0.25, -0.2) is 0 Å². The van der Waals surface area contributed by atoms with E-state index < -0.39 is 4.33 Å². The summed E-state index contributed by atoms with van der Waals surface area (Å²) in [7, 11) is 2.89. The van der Waals surface area contributed by atoms with E-state index in [0.717, 1.165) is 23.1 Å². The van der Waals surface area contributed by atoms with E-state index in [4.69, 9.17) is 48.0 Å². The second-order valence-electron chi connectivity index (χ2n) is 7.98. The van der Waals surface area contributed by atoms with Gasteiger partial charge in [0.25, 0.3) is 0 Å². The van der Waals surface area contributed by atoms with Crippen molar-refractivity contribution in [3.05, 3.63) is 65.2 Å². The molecule has 2 aromatic carbocycles. The van der Waals surface area contributed by atoms with Crippen molar-refractivity contribution >= 4 is 46.0 Å². The van der Waals surface area contributed by atoms with Crippen LogP contribution in [0.1, 0.15) is 37.0 Å². The zero-order valence-electron chi connectivity index (χ0n) is 20.8. The molecule has 0 radical (unpaired) electrons. The van der Waals surface area contributed by atoms with Crippen LogP contribution in [0.25, 0.3) is 0 Å². The Kier molecular flexibility index (Phi) is 11.0. The van der Waals surface area contributed by atoms with E-state index in [9.17, 15) is 0 Å². The van der Waals surface area contributed by atoms with Crippen LogP contribution >= 0.6 is 23.2 Å². The van der Waals surface area contributed by atoms with Crippen molar-refractivity contribution in [3.63, 3.8) is 0 Å². The van der Waals surface area contributed by atoms with Gasteiger partial charge in [-0.2, -0.15) is 0 Å². The fraction of sp³-hybridized carbons (Fsp3) is 0.360. The Morgan fingerprint density at radius 2 is 1.28 bits per heavy atom. The zero-order valence-corrected chi connectivity index (χ0v) is 22.3. The minimum Gasteiger partial charge on any atom is -0.493 e. The van der Waals surface area contributed by atoms with E-state index in [2.05, 4.69) is 20.6 Å². The van der Waals surface area contributed by atoms with Gasteiger partial charge in [-0.3, -0.25) is 0 Å². The van der Waals surface area contributed by atoms with Crippen LogP contribution in [-0.4, -0.2) is 58.4 Å². The number of hydrogen-bond acceptors (Lipinski definition) is 9. The number of alkyl halides is 2. The highest BCUT2D eigenvalue weighted by Gasteiger charge is 2.52. The average Bonchev–Trinajstić information content (AvgIpc) is 3.51. The molecule has 0 bridgehead atoms. The Morgan fingerprint density at radius 3 is 1.64 bits per heavy atom. The van der Waals surface area contributed by atoms with Gasteiger partial charge < -0.3 is 24.8 Å². The third-order valence-corrected chi connectivity index (χ3v) is 6.14. The number of oxime groups is 4. The third-order valence-electron chi connectivity index (χ3n) is 5.21. The molecule has 1 aliphatic rings. The summed E-state index contributed by atoms with van der Waals surface area (Å²) in [4.78, 5) is 9.46. The summed E-state index contributed by atoms with van der Waals surface area (Å²) in [5.41, 5.74) is 4.54. The number of hydrogen-bond donors (Lipinski definition) is 2. The molecule has 0 aromatic heterocycles. The number of nitrogens with zero attached hydrogens (tertiary/aromatic N) is 4. The number of rotatable bonds is 9. The Morgan fingerprint density at radius 1 is 0.861 bits per heavy atom. The molecule has 0 aliphatic heterocycles. The zero-order chi connectivity index (χ0) is 26.7. The molecular weight excluding hydrogens is 507 g/mol. The lowest BCUT2D eigenvalue weighted by Crippen LogP contribution is -2.13. The van der Waals surface area contributed by atoms with E-state index in [1.807, 2.05) is 43.3 Å². The van der Waals surface area contributed by atoms with Gasteiger partial charge in [-0.1, -0.05) is 50.5 Å². The van der Waals surface area contributed by atoms with Gasteiger partial charge in [0.2, 0.25) is 0 Å². The van der Waals surface area contributed by atoms with Crippen LogP contribution in [0.4, 0.5) is 0 Å². The van der Waals surface area contributed by atoms with Crippen LogP contribution in [0.3, 0.4) is 0 Å². The van der Waals surface area contributed by atoms with E-state index in [1.165, 1.54) is 14.2 Å². The van der Waals surface area contributed by atoms with Crippen molar-refractivity contribution in [2.75, 3.05) is 20.8 Å². The van der Waals surface area contributed by atoms with Crippen LogP contribution < -0.4 is 4.74 Å². The molecular formula is C25H30Cl2N4O5. The van der Waals surface area contributed by atoms with Crippen molar-refractivity contribution < 1.29 is 24.8 Å². The van der Waals surface area contributed by atoms with Gasteiger partial charge in [-0.15, -0.1) is 23.2 Å². The summed E-state index contributed by atoms with van der Waals surface area (Å²) in [6.07, 6.45) is 0.755. The summed E-state index contributed by atoms with van der Waals surface area (Å²) in [5, 5.41) is 31.5. The second-order valence-corrected chi connectivity index (χ2v) is 9.52. The van der Waals surface area contributed by atoms with Crippen LogP contribution in [-0.2, 0) is 9.68 Å². The lowest BCUT2D eigenvalue weighted by molar-refractivity contribution is 0.214. The SMILES string of the molecule is CO/N=C(\C(C)=N\O)c1ccc(C)cc1.CO/N=C(\C(C)=N\O)c1ccc(OCC2CC2(Cl)Cl)cc1. The fourth-order valence-electron chi connectivity index (χ4n) is 3.00. The normalized spacial score (nSPS) is 17.6. The molecule has 0 amide bonds. The van der Waals surface area contributed by atoms with Gasteiger partial charge in [0.15, 0.2) is 0 Å². The van der Waals surface area contributed by atoms with Gasteiger partial charge in [-0.05, 0) is 51.5 Å². The summed E-state index contributed by atoms with van der Waals surface area (Å²) in [6, 6.07) is 15.0. The average molecular weight is 537 g/mol. The van der Waals surface area contributed by atoms with Gasteiger partial charge in [0.1, 0.15) is 47.1 Å². The molecule has 0 saturated heterocycles. The molecule has 2 N–H and O–H groups in total. The van der Waals surface area contributed by atoms with E-state index in [-0.39, 0.29) is 5.92 Å². The maximum Gasteiger partial charge on any atom is 0.134 e. The van der Waals surface area contributed by atoms with Crippen molar-refractivity contribution in [2.24, 2.45) is 26.5 Å². The molecule has 1 aliphatic carbocycles. The number of ether oxygens (including phenoxy) is 1. The quantitative estimate of drug-likeness (QED) is 0.185. The molecule has 1 fully saturated rings. The molecule has 3 rings (SSSR count). The summed E-state index contributed by atoms with van der Waals surface area (Å²) in [6.45, 7) is 5.79. The minimum absolute atomic E-state index is 0.176. The van der Waals surface area contributed by atoms with E-state index >= 15 is 0 Å². The maximum absolute atomic E-state index is 8.85. The molecule has 2 aromatic rings. The van der Waals surface area contributed by atoms with Crippen molar-refractivity contribution in [1.29, 1.82) is 0 Å². The molecule has 194 valence electrons. The summed E-state index contributed by atoms with van der Waals surface area (Å²) < 4.78 is 5.00. The highest BCUT2D eigenvalue weighted by atomic mass is 35.5. The number of halogens is 2. The molecule has 0 spiro atoms. The first-order chi connectivity index (χ1) is 17.2. The molecule has 9 nitrogen and oxygen atoms in total. The lowest BCUT2D eigenvalue weighted by Gasteiger charge is -2.08. The Hall–Kier alpha value is -3.30. The predicted molar refractivity (Wildman–Crippen MR) is 143 cm³/mol. The largest absolute Gasteiger partial charge is 0.493 e. The van der Waals surface area contributed by atoms with E-state index in [1.54, 1.807) is 26.0 Å². The van der Waals surface area contributed by atoms with Gasteiger partial charge in [0, 0.05) is 17.0 Å². The van der Waals surface area contributed by atoms with Crippen molar-refractivity contribution in [3.8, 4) is 5.75 Å². The summed E-state index contributed by atoms with van der Waals surface area (Å²) >= 11 is 11.9. The molecule has 1 unspecified atom stereocenters. The first-order valence-electron chi connectivity index (χ1n) is 10.9. The monoisotopic (exact) mass is 536 g/mol. The Balaban J connectivity index is 0.000000269. The topological polar surface area (TPSA) is 118 Å². The molecule has 36 heavy (non-hydrogen) atoms. The summed E-state index contributed by atoms with van der Waals surface area (Å²) in [5.74, 6) is 0.889. The minimum atomic E-state index is -0.632. The standard InChI is InChI=1S/C14H16Cl2N2O3.C11H14N2O2/c1-9(17-19)13(18-20-2)10-3-5-12(6-4-10)21-8-11-7-14(11,15)16;1-8-4-6-10(7-5-8)11(13-15-3)9(2)12-14/h3-6,11,19H,7-8H2,1-2H3;4-7,14H,1-3H3/b17-9+,18-13+;12-9+,13-11+. The molecule has 1 saturated carbocycles. The Bertz CT molecular complexity index is 1110. The van der Waals surface area contributed by atoms with Crippen LogP contribution in [0, 0.1) is 12.8 Å². The van der Waals surface area contributed by atoms with Gasteiger partial charge >= 0.3 is 0 Å². The maximum atomic E-state index is 8.85. The first-order valence-corrected chi connectivity index (χ1v) is 11.7. The molecule has 1 atom stereocenters. The number of aryl methyl sites for hydroxylation is 1. The van der Waals surface area contributed by atoms with Crippen LogP contribution in [0.5, 0.6) is 5.75 Å². The second kappa shape index (κ2) is 13.7. The van der Waals surface area contributed by atoms with Crippen LogP contribution in [0.2, 0.25) is 0 Å². The smallest absolute Gasteiger partial charge is 0.134 e. The highest BCUT2D eigenvalue weighted by Crippen LogP contribution is 2.53. The predicted octanol–water partition coefficient (Wildman–Crippen LogP) is 5.66. The first kappa shape index (κ1) is 28.9. The van der Waals surface area contributed by atoms with E-state index in [0.29, 0.717) is 35.2 Å².